The molecule has 2 unspecified atom stereocenters. The lowest BCUT2D eigenvalue weighted by atomic mass is 9.82. The first kappa shape index (κ1) is 14.1. The van der Waals surface area contributed by atoms with Crippen molar-refractivity contribution in [3.8, 4) is 0 Å². The molecule has 0 heterocycles. The fraction of sp³-hybridized carbons (Fsp3) is 0.571. The molecule has 0 saturated carbocycles. The quantitative estimate of drug-likeness (QED) is 0.791. The van der Waals surface area contributed by atoms with Crippen molar-refractivity contribution >= 4 is 25.8 Å². The van der Waals surface area contributed by atoms with Gasteiger partial charge in [-0.1, -0.05) is 40.2 Å². The number of hydrogen-bond acceptors (Lipinski definition) is 2. The van der Waals surface area contributed by atoms with Crippen molar-refractivity contribution in [1.29, 1.82) is 0 Å². The second kappa shape index (κ2) is 5.74. The molecule has 1 aliphatic rings. The van der Waals surface area contributed by atoms with Crippen molar-refractivity contribution in [2.45, 2.75) is 30.5 Å². The van der Waals surface area contributed by atoms with Crippen LogP contribution in [0.5, 0.6) is 0 Å². The largest absolute Gasteiger partial charge is 0.229 e. The second-order valence-electron chi connectivity index (χ2n) is 5.17. The van der Waals surface area contributed by atoms with E-state index in [0.717, 1.165) is 25.7 Å². The van der Waals surface area contributed by atoms with E-state index in [0.29, 0.717) is 16.5 Å². The highest BCUT2D eigenvalue weighted by atomic mass is 79.9. The van der Waals surface area contributed by atoms with Gasteiger partial charge in [-0.25, -0.2) is 8.42 Å². The first-order valence-corrected chi connectivity index (χ1v) is 9.34. The predicted octanol–water partition coefficient (Wildman–Crippen LogP) is 3.51. The minimum absolute atomic E-state index is 0.310. The highest BCUT2D eigenvalue weighted by Gasteiger charge is 2.26. The van der Waals surface area contributed by atoms with Gasteiger partial charge in [0.05, 0.1) is 0 Å². The third-order valence-electron chi connectivity index (χ3n) is 3.64. The minimum atomic E-state index is -2.82. The molecular formula is C14H19BrO2S. The van der Waals surface area contributed by atoms with Crippen molar-refractivity contribution in [3.63, 3.8) is 0 Å². The number of rotatable bonds is 4. The molecule has 0 amide bonds. The van der Waals surface area contributed by atoms with Crippen molar-refractivity contribution in [1.82, 2.24) is 0 Å². The molecule has 0 saturated heterocycles. The van der Waals surface area contributed by atoms with Gasteiger partial charge in [0.1, 0.15) is 9.84 Å². The Balaban J connectivity index is 1.97. The Morgan fingerprint density at radius 2 is 2.06 bits per heavy atom. The molecular weight excluding hydrogens is 312 g/mol. The maximum absolute atomic E-state index is 11.1. The average Bonchev–Trinajstić information content (AvgIpc) is 2.31. The lowest BCUT2D eigenvalue weighted by Crippen LogP contribution is -2.17. The summed E-state index contributed by atoms with van der Waals surface area (Å²) < 4.78 is 22.3. The lowest BCUT2D eigenvalue weighted by Gasteiger charge is -2.30. The Bertz CT molecular complexity index is 510. The highest BCUT2D eigenvalue weighted by molar-refractivity contribution is 9.09. The molecule has 0 radical (unpaired) electrons. The zero-order chi connectivity index (χ0) is 13.2. The van der Waals surface area contributed by atoms with Crippen LogP contribution in [0, 0.1) is 5.92 Å². The SMILES string of the molecule is CS(=O)(=O)CCCC1CCc2ccccc2C1Br. The van der Waals surface area contributed by atoms with Crippen LogP contribution in [0.1, 0.15) is 35.2 Å². The van der Waals surface area contributed by atoms with Crippen LogP contribution in [0.2, 0.25) is 0 Å². The molecule has 4 heteroatoms. The Morgan fingerprint density at radius 3 is 2.78 bits per heavy atom. The summed E-state index contributed by atoms with van der Waals surface area (Å²) >= 11 is 3.78. The third kappa shape index (κ3) is 3.58. The maximum atomic E-state index is 11.1. The van der Waals surface area contributed by atoms with Gasteiger partial charge in [0.15, 0.2) is 0 Å². The third-order valence-corrected chi connectivity index (χ3v) is 5.91. The molecule has 2 nitrogen and oxygen atoms in total. The standard InChI is InChI=1S/C14H19BrO2S/c1-18(16,17)10-4-6-12-9-8-11-5-2-3-7-13(11)14(12)15/h2-3,5,7,12,14H,4,6,8-10H2,1H3. The minimum Gasteiger partial charge on any atom is -0.229 e. The predicted molar refractivity (Wildman–Crippen MR) is 78.9 cm³/mol. The fourth-order valence-electron chi connectivity index (χ4n) is 2.67. The van der Waals surface area contributed by atoms with E-state index in [1.807, 2.05) is 0 Å². The molecule has 1 aliphatic carbocycles. The molecule has 0 aromatic heterocycles. The van der Waals surface area contributed by atoms with Crippen LogP contribution in [0.4, 0.5) is 0 Å². The summed E-state index contributed by atoms with van der Waals surface area (Å²) in [7, 11) is -2.82. The Kier molecular flexibility index (Phi) is 4.49. The van der Waals surface area contributed by atoms with Crippen molar-refractivity contribution in [2.24, 2.45) is 5.92 Å². The van der Waals surface area contributed by atoms with E-state index in [2.05, 4.69) is 40.2 Å². The van der Waals surface area contributed by atoms with Gasteiger partial charge in [-0.2, -0.15) is 0 Å². The smallest absolute Gasteiger partial charge is 0.147 e. The number of aryl methyl sites for hydroxylation is 1. The normalized spacial score (nSPS) is 23.7. The number of benzene rings is 1. The summed E-state index contributed by atoms with van der Waals surface area (Å²) in [5.74, 6) is 0.867. The van der Waals surface area contributed by atoms with E-state index in [1.54, 1.807) is 0 Å². The molecule has 0 spiro atoms. The molecule has 0 fully saturated rings. The summed E-state index contributed by atoms with van der Waals surface area (Å²) in [4.78, 5) is 0.377. The second-order valence-corrected chi connectivity index (χ2v) is 8.42. The van der Waals surface area contributed by atoms with Gasteiger partial charge in [-0.15, -0.1) is 0 Å². The topological polar surface area (TPSA) is 34.1 Å². The summed E-state index contributed by atoms with van der Waals surface area (Å²) in [5.41, 5.74) is 2.81. The van der Waals surface area contributed by atoms with Crippen LogP contribution in [0.15, 0.2) is 24.3 Å². The zero-order valence-corrected chi connectivity index (χ0v) is 13.0. The number of alkyl halides is 1. The van der Waals surface area contributed by atoms with E-state index < -0.39 is 9.84 Å². The van der Waals surface area contributed by atoms with Gasteiger partial charge in [0.2, 0.25) is 0 Å². The number of hydrogen-bond donors (Lipinski definition) is 0. The van der Waals surface area contributed by atoms with Gasteiger partial charge >= 0.3 is 0 Å². The maximum Gasteiger partial charge on any atom is 0.147 e. The molecule has 2 rings (SSSR count). The molecule has 100 valence electrons. The number of fused-ring (bicyclic) bond motifs is 1. The van der Waals surface area contributed by atoms with Crippen LogP contribution >= 0.6 is 15.9 Å². The molecule has 1 aromatic rings. The molecule has 18 heavy (non-hydrogen) atoms. The average molecular weight is 331 g/mol. The number of sulfone groups is 1. The molecule has 0 N–H and O–H groups in total. The van der Waals surface area contributed by atoms with E-state index in [-0.39, 0.29) is 0 Å². The summed E-state index contributed by atoms with van der Waals surface area (Å²) in [6.07, 6.45) is 5.33. The number of halogens is 1. The molecule has 2 atom stereocenters. The van der Waals surface area contributed by atoms with E-state index in [9.17, 15) is 8.42 Å². The van der Waals surface area contributed by atoms with Gasteiger partial charge in [-0.3, -0.25) is 0 Å². The monoisotopic (exact) mass is 330 g/mol. The summed E-state index contributed by atoms with van der Waals surface area (Å²) in [6.45, 7) is 0. The summed E-state index contributed by atoms with van der Waals surface area (Å²) in [6, 6.07) is 8.53. The van der Waals surface area contributed by atoms with Crippen LogP contribution in [0.3, 0.4) is 0 Å². The first-order valence-electron chi connectivity index (χ1n) is 6.37. The molecule has 0 bridgehead atoms. The Hall–Kier alpha value is -0.350. The van der Waals surface area contributed by atoms with Gasteiger partial charge in [0, 0.05) is 16.8 Å². The summed E-state index contributed by atoms with van der Waals surface area (Å²) in [5, 5.41) is 0. The first-order chi connectivity index (χ1) is 8.47. The zero-order valence-electron chi connectivity index (χ0n) is 10.6. The van der Waals surface area contributed by atoms with Gasteiger partial charge in [-0.05, 0) is 42.7 Å². The fourth-order valence-corrected chi connectivity index (χ4v) is 4.34. The van der Waals surface area contributed by atoms with Crippen molar-refractivity contribution in [2.75, 3.05) is 12.0 Å². The Labute approximate surface area is 118 Å². The Morgan fingerprint density at radius 1 is 1.33 bits per heavy atom. The molecule has 1 aromatic carbocycles. The van der Waals surface area contributed by atoms with Gasteiger partial charge in [0.25, 0.3) is 0 Å². The van der Waals surface area contributed by atoms with Crippen molar-refractivity contribution in [3.05, 3.63) is 35.4 Å². The van der Waals surface area contributed by atoms with Crippen LogP contribution in [-0.2, 0) is 16.3 Å². The van der Waals surface area contributed by atoms with Crippen LogP contribution in [0.25, 0.3) is 0 Å². The molecule has 0 aliphatic heterocycles. The van der Waals surface area contributed by atoms with E-state index in [4.69, 9.17) is 0 Å². The lowest BCUT2D eigenvalue weighted by molar-refractivity contribution is 0.419. The van der Waals surface area contributed by atoms with Crippen LogP contribution < -0.4 is 0 Å². The van der Waals surface area contributed by atoms with Crippen molar-refractivity contribution < 1.29 is 8.42 Å². The van der Waals surface area contributed by atoms with E-state index >= 15 is 0 Å². The van der Waals surface area contributed by atoms with Gasteiger partial charge < -0.3 is 0 Å². The highest BCUT2D eigenvalue weighted by Crippen LogP contribution is 2.42. The van der Waals surface area contributed by atoms with E-state index in [1.165, 1.54) is 17.4 Å². The van der Waals surface area contributed by atoms with Crippen LogP contribution in [-0.4, -0.2) is 20.4 Å².